The summed E-state index contributed by atoms with van der Waals surface area (Å²) in [5.41, 5.74) is 1.56. The molecule has 0 aliphatic carbocycles. The van der Waals surface area contributed by atoms with Gasteiger partial charge in [0.1, 0.15) is 5.69 Å². The van der Waals surface area contributed by atoms with Crippen LogP contribution >= 0.6 is 12.2 Å². The standard InChI is InChI=1S/C13H16N4O2S/c1-9-4-10(16-13(18)19)7-17(6-9)12-2-3-14-5-11(12)15-8-20/h2-3,5,9-10,16H,4,6-7H2,1H3,(H,18,19)/t9-,10+/m1/s1. The average molecular weight is 292 g/mol. The van der Waals surface area contributed by atoms with Crippen LogP contribution in [0.1, 0.15) is 13.3 Å². The predicted octanol–water partition coefficient (Wildman–Crippen LogP) is 2.30. The molecular formula is C13H16N4O2S. The Morgan fingerprint density at radius 1 is 1.65 bits per heavy atom. The number of amides is 1. The van der Waals surface area contributed by atoms with E-state index in [0.29, 0.717) is 18.2 Å². The Hall–Kier alpha value is -1.98. The predicted molar refractivity (Wildman–Crippen MR) is 79.9 cm³/mol. The van der Waals surface area contributed by atoms with Gasteiger partial charge in [-0.15, -0.1) is 0 Å². The second-order valence-corrected chi connectivity index (χ2v) is 5.14. The number of nitrogens with zero attached hydrogens (tertiary/aromatic N) is 3. The zero-order valence-electron chi connectivity index (χ0n) is 11.1. The summed E-state index contributed by atoms with van der Waals surface area (Å²) in [4.78, 5) is 21.0. The van der Waals surface area contributed by atoms with Gasteiger partial charge in [0.2, 0.25) is 0 Å². The van der Waals surface area contributed by atoms with Gasteiger partial charge in [0.15, 0.2) is 0 Å². The van der Waals surface area contributed by atoms with Crippen LogP contribution in [0.15, 0.2) is 23.5 Å². The summed E-state index contributed by atoms with van der Waals surface area (Å²) in [6.07, 6.45) is 3.17. The molecule has 0 radical (unpaired) electrons. The van der Waals surface area contributed by atoms with Crippen LogP contribution < -0.4 is 10.2 Å². The van der Waals surface area contributed by atoms with Gasteiger partial charge in [-0.25, -0.2) is 4.79 Å². The van der Waals surface area contributed by atoms with Crippen LogP contribution in [0.3, 0.4) is 0 Å². The number of thiocarbonyl (C=S) groups is 1. The van der Waals surface area contributed by atoms with Crippen LogP contribution in [0.2, 0.25) is 0 Å². The first kappa shape index (κ1) is 14.4. The Bertz CT molecular complexity index is 545. The maximum Gasteiger partial charge on any atom is 0.404 e. The van der Waals surface area contributed by atoms with Crippen molar-refractivity contribution in [3.8, 4) is 0 Å². The molecule has 0 bridgehead atoms. The number of nitrogens with one attached hydrogen (secondary N) is 1. The fourth-order valence-electron chi connectivity index (χ4n) is 2.61. The number of aromatic nitrogens is 1. The third-order valence-electron chi connectivity index (χ3n) is 3.27. The lowest BCUT2D eigenvalue weighted by molar-refractivity contribution is 0.186. The highest BCUT2D eigenvalue weighted by atomic mass is 32.1. The molecule has 1 aromatic rings. The molecule has 2 heterocycles. The van der Waals surface area contributed by atoms with Crippen molar-refractivity contribution in [3.63, 3.8) is 0 Å². The zero-order valence-corrected chi connectivity index (χ0v) is 11.9. The average Bonchev–Trinajstić information content (AvgIpc) is 2.38. The van der Waals surface area contributed by atoms with Crippen molar-refractivity contribution in [1.82, 2.24) is 10.3 Å². The van der Waals surface area contributed by atoms with Crippen LogP contribution in [0, 0.1) is 5.92 Å². The molecule has 0 saturated carbocycles. The van der Waals surface area contributed by atoms with Gasteiger partial charge in [-0.05, 0) is 30.6 Å². The molecule has 1 aliphatic rings. The summed E-state index contributed by atoms with van der Waals surface area (Å²) in [6, 6.07) is 1.77. The number of isothiocyanates is 1. The molecule has 1 saturated heterocycles. The molecule has 2 atom stereocenters. The SMILES string of the molecule is C[C@@H]1C[C@H](NC(=O)O)CN(c2ccncc2N=C=S)C1. The number of aliphatic imine (C=N–C) groups is 1. The largest absolute Gasteiger partial charge is 0.465 e. The van der Waals surface area contributed by atoms with E-state index < -0.39 is 6.09 Å². The van der Waals surface area contributed by atoms with Gasteiger partial charge in [0.05, 0.1) is 17.0 Å². The Morgan fingerprint density at radius 2 is 2.45 bits per heavy atom. The summed E-state index contributed by atoms with van der Waals surface area (Å²) >= 11 is 4.65. The minimum atomic E-state index is -0.990. The topological polar surface area (TPSA) is 77.8 Å². The quantitative estimate of drug-likeness (QED) is 0.660. The molecule has 0 spiro atoms. The summed E-state index contributed by atoms with van der Waals surface area (Å²) < 4.78 is 0. The van der Waals surface area contributed by atoms with Crippen molar-refractivity contribution in [3.05, 3.63) is 18.5 Å². The molecule has 1 amide bonds. The van der Waals surface area contributed by atoms with Gasteiger partial charge in [-0.1, -0.05) is 6.92 Å². The van der Waals surface area contributed by atoms with E-state index >= 15 is 0 Å². The first-order valence-electron chi connectivity index (χ1n) is 6.36. The Morgan fingerprint density at radius 3 is 3.15 bits per heavy atom. The van der Waals surface area contributed by atoms with Gasteiger partial charge in [0.25, 0.3) is 0 Å². The van der Waals surface area contributed by atoms with E-state index in [-0.39, 0.29) is 6.04 Å². The Balaban J connectivity index is 2.23. The number of rotatable bonds is 3. The first-order valence-corrected chi connectivity index (χ1v) is 6.77. The van der Waals surface area contributed by atoms with Crippen molar-refractivity contribution < 1.29 is 9.90 Å². The van der Waals surface area contributed by atoms with E-state index in [0.717, 1.165) is 18.7 Å². The van der Waals surface area contributed by atoms with Gasteiger partial charge < -0.3 is 15.3 Å². The second-order valence-electron chi connectivity index (χ2n) is 4.96. The van der Waals surface area contributed by atoms with E-state index in [2.05, 4.69) is 44.5 Å². The first-order chi connectivity index (χ1) is 9.60. The molecule has 2 rings (SSSR count). The van der Waals surface area contributed by atoms with Crippen LogP contribution in [-0.4, -0.2) is 40.5 Å². The fourth-order valence-corrected chi connectivity index (χ4v) is 2.71. The third kappa shape index (κ3) is 3.53. The van der Waals surface area contributed by atoms with Crippen molar-refractivity contribution in [1.29, 1.82) is 0 Å². The van der Waals surface area contributed by atoms with Crippen LogP contribution in [0.4, 0.5) is 16.2 Å². The second kappa shape index (κ2) is 6.45. The molecule has 1 aliphatic heterocycles. The zero-order chi connectivity index (χ0) is 14.5. The molecule has 1 aromatic heterocycles. The van der Waals surface area contributed by atoms with Gasteiger partial charge in [-0.2, -0.15) is 4.99 Å². The normalized spacial score (nSPS) is 21.9. The molecule has 1 fully saturated rings. The highest BCUT2D eigenvalue weighted by molar-refractivity contribution is 7.78. The summed E-state index contributed by atoms with van der Waals surface area (Å²) in [5, 5.41) is 13.8. The van der Waals surface area contributed by atoms with E-state index in [1.165, 1.54) is 0 Å². The maximum atomic E-state index is 10.8. The highest BCUT2D eigenvalue weighted by Crippen LogP contribution is 2.30. The van der Waals surface area contributed by atoms with E-state index in [9.17, 15) is 4.79 Å². The summed E-state index contributed by atoms with van der Waals surface area (Å²) in [7, 11) is 0. The molecule has 6 nitrogen and oxygen atoms in total. The van der Waals surface area contributed by atoms with Crippen LogP contribution in [0.25, 0.3) is 0 Å². The lowest BCUT2D eigenvalue weighted by Crippen LogP contribution is -2.50. The van der Waals surface area contributed by atoms with Gasteiger partial charge >= 0.3 is 6.09 Å². The number of carbonyl (C=O) groups is 1. The lowest BCUT2D eigenvalue weighted by atomic mass is 9.95. The number of piperidine rings is 1. The Labute approximate surface area is 122 Å². The highest BCUT2D eigenvalue weighted by Gasteiger charge is 2.27. The van der Waals surface area contributed by atoms with Crippen molar-refractivity contribution in [2.45, 2.75) is 19.4 Å². The number of anilines is 1. The molecule has 106 valence electrons. The van der Waals surface area contributed by atoms with E-state index in [4.69, 9.17) is 5.11 Å². The van der Waals surface area contributed by atoms with Gasteiger partial charge in [0, 0.05) is 25.3 Å². The minimum absolute atomic E-state index is 0.0891. The van der Waals surface area contributed by atoms with Crippen molar-refractivity contribution in [2.24, 2.45) is 10.9 Å². The van der Waals surface area contributed by atoms with Gasteiger partial charge in [-0.3, -0.25) is 4.98 Å². The van der Waals surface area contributed by atoms with Crippen LogP contribution in [0.5, 0.6) is 0 Å². The molecule has 2 N–H and O–H groups in total. The Kier molecular flexibility index (Phi) is 4.65. The number of hydrogen-bond donors (Lipinski definition) is 2. The lowest BCUT2D eigenvalue weighted by Gasteiger charge is -2.38. The molecule has 0 unspecified atom stereocenters. The van der Waals surface area contributed by atoms with Crippen LogP contribution in [-0.2, 0) is 0 Å². The molecule has 7 heteroatoms. The van der Waals surface area contributed by atoms with Crippen molar-refractivity contribution >= 4 is 34.8 Å². The fraction of sp³-hybridized carbons (Fsp3) is 0.462. The monoisotopic (exact) mass is 292 g/mol. The number of carboxylic acid groups (broad SMARTS) is 1. The third-order valence-corrected chi connectivity index (χ3v) is 3.36. The minimum Gasteiger partial charge on any atom is -0.465 e. The number of pyridine rings is 1. The summed E-state index contributed by atoms with van der Waals surface area (Å²) in [5.74, 6) is 0.387. The van der Waals surface area contributed by atoms with E-state index in [1.54, 1.807) is 12.4 Å². The smallest absolute Gasteiger partial charge is 0.404 e. The maximum absolute atomic E-state index is 10.8. The van der Waals surface area contributed by atoms with E-state index in [1.807, 2.05) is 6.07 Å². The summed E-state index contributed by atoms with van der Waals surface area (Å²) in [6.45, 7) is 3.56. The number of hydrogen-bond acceptors (Lipinski definition) is 5. The molecule has 0 aromatic carbocycles. The van der Waals surface area contributed by atoms with Crippen molar-refractivity contribution in [2.75, 3.05) is 18.0 Å². The molecular weight excluding hydrogens is 276 g/mol. The molecule has 20 heavy (non-hydrogen) atoms.